The number of aliphatic hydroxyl groups excluding tert-OH is 3. The Morgan fingerprint density at radius 1 is 1.05 bits per heavy atom. The van der Waals surface area contributed by atoms with Crippen molar-refractivity contribution in [1.29, 1.82) is 0 Å². The van der Waals surface area contributed by atoms with Gasteiger partial charge in [-0.1, -0.05) is 30.7 Å². The number of aryl methyl sites for hydroxylation is 1. The number of ketones is 2. The van der Waals surface area contributed by atoms with E-state index in [1.165, 1.54) is 31.1 Å². The average molecular weight is 594 g/mol. The number of likely N-dealkylation sites (N-methyl/N-ethyl adjacent to an activating group) is 1. The molecule has 3 aliphatic carbocycles. The number of fused-ring (bicyclic) bond motifs is 3. The molecule has 0 aromatic heterocycles. The number of hydrogen-bond acceptors (Lipinski definition) is 11. The maximum absolute atomic E-state index is 14.1. The maximum atomic E-state index is 14.1. The van der Waals surface area contributed by atoms with E-state index in [2.05, 4.69) is 5.32 Å². The van der Waals surface area contributed by atoms with Crippen LogP contribution in [0.25, 0.3) is 5.76 Å². The zero-order valence-electron chi connectivity index (χ0n) is 23.7. The molecule has 0 aliphatic heterocycles. The number of amides is 2. The molecule has 13 nitrogen and oxygen atoms in total. The number of primary amides is 1. The third-order valence-electron chi connectivity index (χ3n) is 8.60. The summed E-state index contributed by atoms with van der Waals surface area (Å²) >= 11 is 0. The molecule has 0 radical (unpaired) electrons. The number of ether oxygens (including phenoxy) is 1. The Morgan fingerprint density at radius 3 is 2.26 bits per heavy atom. The maximum Gasteiger partial charge on any atom is 0.417 e. The van der Waals surface area contributed by atoms with E-state index in [0.717, 1.165) is 5.56 Å². The lowest BCUT2D eigenvalue weighted by atomic mass is 9.54. The molecule has 2 aromatic carbocycles. The van der Waals surface area contributed by atoms with E-state index in [9.17, 15) is 44.7 Å². The first kappa shape index (κ1) is 29.8. The molecule has 43 heavy (non-hydrogen) atoms. The number of anilines is 1. The summed E-state index contributed by atoms with van der Waals surface area (Å²) in [4.78, 5) is 53.3. The fourth-order valence-electron chi connectivity index (χ4n) is 6.57. The molecule has 3 aliphatic rings. The monoisotopic (exact) mass is 593 g/mol. The van der Waals surface area contributed by atoms with E-state index in [4.69, 9.17) is 10.5 Å². The highest BCUT2D eigenvalue weighted by Crippen LogP contribution is 2.56. The van der Waals surface area contributed by atoms with Gasteiger partial charge in [0.1, 0.15) is 28.6 Å². The largest absolute Gasteiger partial charge is 0.508 e. The van der Waals surface area contributed by atoms with Crippen LogP contribution in [0.2, 0.25) is 0 Å². The summed E-state index contributed by atoms with van der Waals surface area (Å²) in [6.45, 7) is 3.47. The molecule has 2 aromatic rings. The number of aliphatic hydroxyl groups is 4. The van der Waals surface area contributed by atoms with Crippen molar-refractivity contribution in [3.63, 3.8) is 0 Å². The van der Waals surface area contributed by atoms with Gasteiger partial charge in [0.25, 0.3) is 5.91 Å². The molecule has 8 N–H and O–H groups in total. The highest BCUT2D eigenvalue weighted by atomic mass is 16.6. The zero-order chi connectivity index (χ0) is 31.7. The summed E-state index contributed by atoms with van der Waals surface area (Å²) in [6, 6.07) is 8.00. The van der Waals surface area contributed by atoms with Crippen LogP contribution in [-0.2, 0) is 14.4 Å². The van der Waals surface area contributed by atoms with E-state index in [-0.39, 0.29) is 17.0 Å². The van der Waals surface area contributed by atoms with E-state index in [1.807, 2.05) is 6.92 Å². The van der Waals surface area contributed by atoms with E-state index in [0.29, 0.717) is 5.56 Å². The lowest BCUT2D eigenvalue weighted by molar-refractivity contribution is -0.169. The Kier molecular flexibility index (Phi) is 7.08. The number of benzene rings is 2. The van der Waals surface area contributed by atoms with Gasteiger partial charge in [-0.3, -0.25) is 24.6 Å². The Labute approximate surface area is 245 Å². The predicted molar refractivity (Wildman–Crippen MR) is 151 cm³/mol. The Balaban J connectivity index is 1.62. The summed E-state index contributed by atoms with van der Waals surface area (Å²) in [5.74, 6) is -9.85. The summed E-state index contributed by atoms with van der Waals surface area (Å²) < 4.78 is 5.23. The molecule has 1 saturated carbocycles. The first-order valence-corrected chi connectivity index (χ1v) is 13.4. The number of hydrogen-bond donors (Lipinski definition) is 7. The second-order valence-electron chi connectivity index (χ2n) is 11.3. The number of aromatic hydroxyl groups is 1. The van der Waals surface area contributed by atoms with E-state index < -0.39 is 87.5 Å². The van der Waals surface area contributed by atoms with Gasteiger partial charge in [0, 0.05) is 11.5 Å². The van der Waals surface area contributed by atoms with Gasteiger partial charge in [-0.05, 0) is 50.7 Å². The van der Waals surface area contributed by atoms with Gasteiger partial charge in [0.2, 0.25) is 5.78 Å². The van der Waals surface area contributed by atoms with Gasteiger partial charge in [0.05, 0.1) is 29.3 Å². The number of carbonyl (C=O) groups excluding carboxylic acids is 4. The number of phenols is 1. The Hall–Kier alpha value is -4.72. The number of nitrogens with one attached hydrogen (secondary N) is 1. The lowest BCUT2D eigenvalue weighted by Gasteiger charge is -2.53. The molecule has 0 unspecified atom stereocenters. The minimum absolute atomic E-state index is 0.177. The van der Waals surface area contributed by atoms with Crippen molar-refractivity contribution in [2.45, 2.75) is 37.5 Å². The molecule has 13 heteroatoms. The van der Waals surface area contributed by atoms with E-state index >= 15 is 0 Å². The van der Waals surface area contributed by atoms with Gasteiger partial charge in [-0.15, -0.1) is 0 Å². The number of Topliss-reactive ketones (excluding diaryl/α,β-unsaturated/α-hetero) is 2. The van der Waals surface area contributed by atoms with Gasteiger partial charge in [-0.25, -0.2) is 4.79 Å². The highest BCUT2D eigenvalue weighted by Gasteiger charge is 2.68. The smallest absolute Gasteiger partial charge is 0.417 e. The van der Waals surface area contributed by atoms with Crippen LogP contribution in [0, 0.1) is 18.8 Å². The number of carbonyl (C=O) groups is 4. The van der Waals surface area contributed by atoms with Crippen LogP contribution in [0.3, 0.4) is 0 Å². The quantitative estimate of drug-likeness (QED) is 0.198. The molecule has 0 bridgehead atoms. The molecule has 0 spiro atoms. The van der Waals surface area contributed by atoms with Crippen LogP contribution >= 0.6 is 0 Å². The fraction of sp³-hybridized carbons (Fsp3) is 0.333. The van der Waals surface area contributed by atoms with Crippen LogP contribution in [0.1, 0.15) is 29.5 Å². The fourth-order valence-corrected chi connectivity index (χ4v) is 6.57. The second-order valence-corrected chi connectivity index (χ2v) is 11.3. The summed E-state index contributed by atoms with van der Waals surface area (Å²) in [5.41, 5.74) is 1.57. The van der Waals surface area contributed by atoms with Gasteiger partial charge < -0.3 is 36.0 Å². The summed E-state index contributed by atoms with van der Waals surface area (Å²) in [6.07, 6.45) is -2.66. The Morgan fingerprint density at radius 2 is 1.67 bits per heavy atom. The van der Waals surface area contributed by atoms with E-state index in [1.54, 1.807) is 31.2 Å². The van der Waals surface area contributed by atoms with Crippen LogP contribution in [-0.4, -0.2) is 85.8 Å². The first-order valence-electron chi connectivity index (χ1n) is 13.4. The first-order chi connectivity index (χ1) is 20.1. The standard InChI is InChI=1S/C30H31N3O10/c1-11-5-7-13(8-6-11)43-29(41)32-15-10-9-14-12(2)16-18(23(35)17(14)22(15)34)26(38)30(42)20(24(16)36)21(33(3)4)25(37)19(27(30)39)28(31)40/h5-10,12,16,20-21,24,34-36,39,42H,1-4H3,(H2,31,40)(H,32,41)/t12-,16+,20+,21-,24-,30-/m0/s1. The third kappa shape index (κ3) is 4.27. The molecule has 226 valence electrons. The minimum Gasteiger partial charge on any atom is -0.508 e. The summed E-state index contributed by atoms with van der Waals surface area (Å²) in [7, 11) is 2.86. The molecule has 5 rings (SSSR count). The predicted octanol–water partition coefficient (Wildman–Crippen LogP) is 1.42. The van der Waals surface area contributed by atoms with Crippen molar-refractivity contribution in [1.82, 2.24) is 4.90 Å². The second kappa shape index (κ2) is 10.2. The molecule has 0 saturated heterocycles. The molecular formula is C30H31N3O10. The lowest BCUT2D eigenvalue weighted by Crippen LogP contribution is -2.70. The number of nitrogens with two attached hydrogens (primary N) is 1. The zero-order valence-corrected chi connectivity index (χ0v) is 23.7. The van der Waals surface area contributed by atoms with Crippen LogP contribution in [0.4, 0.5) is 10.5 Å². The van der Waals surface area contributed by atoms with Gasteiger partial charge >= 0.3 is 6.09 Å². The molecule has 1 fully saturated rings. The normalized spacial score (nSPS) is 28.3. The number of nitrogens with zero attached hydrogens (tertiary/aromatic N) is 1. The topological polar surface area (TPSA) is 220 Å². The molecule has 6 atom stereocenters. The number of phenolic OH excluding ortho intramolecular Hbond substituents is 1. The number of rotatable bonds is 4. The van der Waals surface area contributed by atoms with Crippen molar-refractivity contribution in [2.24, 2.45) is 17.6 Å². The van der Waals surface area contributed by atoms with Crippen molar-refractivity contribution in [3.05, 3.63) is 70.0 Å². The van der Waals surface area contributed by atoms with Crippen LogP contribution in [0.5, 0.6) is 11.5 Å². The van der Waals surface area contributed by atoms with Crippen molar-refractivity contribution < 1.29 is 49.4 Å². The van der Waals surface area contributed by atoms with Crippen LogP contribution in [0.15, 0.2) is 53.3 Å². The van der Waals surface area contributed by atoms with Crippen LogP contribution < -0.4 is 15.8 Å². The van der Waals surface area contributed by atoms with Gasteiger partial charge in [0.15, 0.2) is 11.4 Å². The molecular weight excluding hydrogens is 562 g/mol. The van der Waals surface area contributed by atoms with Gasteiger partial charge in [-0.2, -0.15) is 0 Å². The van der Waals surface area contributed by atoms with Crippen molar-refractivity contribution in [2.75, 3.05) is 19.4 Å². The Bertz CT molecular complexity index is 1640. The van der Waals surface area contributed by atoms with Crippen molar-refractivity contribution in [3.8, 4) is 11.5 Å². The highest BCUT2D eigenvalue weighted by molar-refractivity contribution is 6.24. The average Bonchev–Trinajstić information content (AvgIpc) is 2.93. The summed E-state index contributed by atoms with van der Waals surface area (Å²) in [5, 5.41) is 59.3. The van der Waals surface area contributed by atoms with Crippen molar-refractivity contribution >= 4 is 35.0 Å². The SMILES string of the molecule is Cc1ccc(OC(=O)Nc2ccc3c(c2O)C(O)=C2C(=O)[C@]4(O)C(O)=C(C(N)=O)C(=O)[C@@H](N(C)C)[C@@H]4[C@@H](O)[C@@H]2[C@H]3C)cc1. The molecule has 2 amide bonds. The molecule has 0 heterocycles. The third-order valence-corrected chi connectivity index (χ3v) is 8.60. The minimum atomic E-state index is -3.02.